The minimum atomic E-state index is -0.905. The fourth-order valence-electron chi connectivity index (χ4n) is 3.99. The van der Waals surface area contributed by atoms with Crippen molar-refractivity contribution in [3.63, 3.8) is 0 Å². The van der Waals surface area contributed by atoms with Gasteiger partial charge in [0.1, 0.15) is 11.6 Å². The third-order valence-electron chi connectivity index (χ3n) is 5.20. The van der Waals surface area contributed by atoms with E-state index in [0.29, 0.717) is 12.8 Å². The van der Waals surface area contributed by atoms with Gasteiger partial charge in [0, 0.05) is 11.8 Å². The molecule has 0 heterocycles. The lowest BCUT2D eigenvalue weighted by molar-refractivity contribution is -0.205. The molecule has 3 nitrogen and oxygen atoms in total. The number of carbonyl (C=O) groups excluding carboxylic acids is 2. The summed E-state index contributed by atoms with van der Waals surface area (Å²) in [7, 11) is 0. The molecule has 0 aromatic rings. The zero-order valence-electron chi connectivity index (χ0n) is 9.12. The van der Waals surface area contributed by atoms with Gasteiger partial charge >= 0.3 is 0 Å². The monoisotopic (exact) mass is 208 g/mol. The summed E-state index contributed by atoms with van der Waals surface area (Å²) in [6.07, 6.45) is 1.90. The van der Waals surface area contributed by atoms with Crippen molar-refractivity contribution in [3.8, 4) is 0 Å². The van der Waals surface area contributed by atoms with E-state index in [-0.39, 0.29) is 28.8 Å². The number of rotatable bonds is 0. The molecule has 4 saturated carbocycles. The van der Waals surface area contributed by atoms with Gasteiger partial charge in [0.25, 0.3) is 0 Å². The van der Waals surface area contributed by atoms with Crippen LogP contribution in [0.15, 0.2) is 0 Å². The van der Waals surface area contributed by atoms with Crippen LogP contribution in [0.1, 0.15) is 33.1 Å². The first kappa shape index (κ1) is 9.52. The SMILES string of the molecule is C[C@]12C[C@H]3C[C@H](C(=O)[C@@H](C1)C3=O)[C@@]2(C)O. The summed E-state index contributed by atoms with van der Waals surface area (Å²) in [4.78, 5) is 23.8. The van der Waals surface area contributed by atoms with Crippen LogP contribution in [-0.4, -0.2) is 22.3 Å². The first-order valence-corrected chi connectivity index (χ1v) is 5.67. The topological polar surface area (TPSA) is 54.4 Å². The lowest BCUT2D eigenvalue weighted by Gasteiger charge is -2.61. The molecule has 5 atom stereocenters. The van der Waals surface area contributed by atoms with Gasteiger partial charge < -0.3 is 5.11 Å². The summed E-state index contributed by atoms with van der Waals surface area (Å²) >= 11 is 0. The Hall–Kier alpha value is -0.700. The van der Waals surface area contributed by atoms with E-state index in [1.807, 2.05) is 6.92 Å². The molecule has 4 aliphatic carbocycles. The lowest BCUT2D eigenvalue weighted by atomic mass is 9.43. The van der Waals surface area contributed by atoms with Crippen molar-refractivity contribution in [2.24, 2.45) is 23.2 Å². The maximum Gasteiger partial charge on any atom is 0.149 e. The van der Waals surface area contributed by atoms with E-state index < -0.39 is 11.5 Å². The zero-order valence-corrected chi connectivity index (χ0v) is 9.12. The number of hydrogen-bond acceptors (Lipinski definition) is 3. The standard InChI is InChI=1S/C12H16O3/c1-11-4-6-3-8(12(11,2)15)10(14)7(5-11)9(6)13/h6-8,15H,3-5H2,1-2H3/t6-,7+,8-,11+,12-/m1/s1. The van der Waals surface area contributed by atoms with E-state index in [1.54, 1.807) is 6.92 Å². The van der Waals surface area contributed by atoms with E-state index in [9.17, 15) is 14.7 Å². The second-order valence-corrected chi connectivity index (χ2v) is 5.96. The summed E-state index contributed by atoms with van der Waals surface area (Å²) in [6.45, 7) is 3.80. The summed E-state index contributed by atoms with van der Waals surface area (Å²) in [5, 5.41) is 10.5. The fraction of sp³-hybridized carbons (Fsp3) is 0.833. The fourth-order valence-corrected chi connectivity index (χ4v) is 3.99. The van der Waals surface area contributed by atoms with E-state index in [1.165, 1.54) is 0 Å². The van der Waals surface area contributed by atoms with Crippen LogP contribution in [0.3, 0.4) is 0 Å². The van der Waals surface area contributed by atoms with Gasteiger partial charge in [-0.15, -0.1) is 0 Å². The predicted octanol–water partition coefficient (Wildman–Crippen LogP) is 0.942. The molecule has 4 fully saturated rings. The minimum absolute atomic E-state index is 0.00146. The van der Waals surface area contributed by atoms with Crippen LogP contribution in [0, 0.1) is 23.2 Å². The first-order valence-electron chi connectivity index (χ1n) is 5.67. The summed E-state index contributed by atoms with van der Waals surface area (Å²) in [5.74, 6) is -0.509. The Morgan fingerprint density at radius 2 is 1.87 bits per heavy atom. The summed E-state index contributed by atoms with van der Waals surface area (Å²) in [6, 6.07) is 0. The first-order chi connectivity index (χ1) is 6.87. The summed E-state index contributed by atoms with van der Waals surface area (Å²) in [5.41, 5.74) is -1.13. The number of ketones is 2. The Labute approximate surface area is 88.9 Å². The normalized spacial score (nSPS) is 57.7. The average molecular weight is 208 g/mol. The maximum atomic E-state index is 12.0. The molecular formula is C12H16O3. The van der Waals surface area contributed by atoms with Gasteiger partial charge in [-0.05, 0) is 31.6 Å². The molecule has 0 aromatic carbocycles. The number of carbonyl (C=O) groups is 2. The molecule has 0 radical (unpaired) electrons. The van der Waals surface area contributed by atoms with E-state index in [4.69, 9.17) is 0 Å². The van der Waals surface area contributed by atoms with E-state index in [0.717, 1.165) is 6.42 Å². The maximum absolute atomic E-state index is 12.0. The van der Waals surface area contributed by atoms with Crippen molar-refractivity contribution < 1.29 is 14.7 Å². The van der Waals surface area contributed by atoms with Crippen molar-refractivity contribution in [2.75, 3.05) is 0 Å². The van der Waals surface area contributed by atoms with Crippen molar-refractivity contribution in [1.82, 2.24) is 0 Å². The Morgan fingerprint density at radius 1 is 1.20 bits per heavy atom. The van der Waals surface area contributed by atoms with Gasteiger partial charge in [-0.25, -0.2) is 0 Å². The van der Waals surface area contributed by atoms with Crippen molar-refractivity contribution >= 4 is 11.6 Å². The van der Waals surface area contributed by atoms with Crippen molar-refractivity contribution in [3.05, 3.63) is 0 Å². The highest BCUT2D eigenvalue weighted by atomic mass is 16.3. The molecule has 4 rings (SSSR count). The van der Waals surface area contributed by atoms with Crippen molar-refractivity contribution in [2.45, 2.75) is 38.7 Å². The van der Waals surface area contributed by atoms with Crippen LogP contribution < -0.4 is 0 Å². The van der Waals surface area contributed by atoms with Gasteiger partial charge in [0.15, 0.2) is 0 Å². The zero-order chi connectivity index (χ0) is 11.0. The highest BCUT2D eigenvalue weighted by Gasteiger charge is 2.67. The van der Waals surface area contributed by atoms with Crippen molar-refractivity contribution in [1.29, 1.82) is 0 Å². The molecule has 3 heteroatoms. The van der Waals surface area contributed by atoms with Crippen LogP contribution >= 0.6 is 0 Å². The van der Waals surface area contributed by atoms with Crippen LogP contribution in [0.25, 0.3) is 0 Å². The molecule has 0 spiro atoms. The van der Waals surface area contributed by atoms with Gasteiger partial charge in [-0.1, -0.05) is 6.92 Å². The lowest BCUT2D eigenvalue weighted by Crippen LogP contribution is -2.68. The molecule has 15 heavy (non-hydrogen) atoms. The highest BCUT2D eigenvalue weighted by Crippen LogP contribution is 2.61. The molecule has 0 amide bonds. The quantitative estimate of drug-likeness (QED) is 0.603. The van der Waals surface area contributed by atoms with E-state index >= 15 is 0 Å². The summed E-state index contributed by atoms with van der Waals surface area (Å²) < 4.78 is 0. The average Bonchev–Trinajstić information content (AvgIpc) is 2.13. The molecule has 4 aliphatic rings. The molecular weight excluding hydrogens is 192 g/mol. The van der Waals surface area contributed by atoms with Gasteiger partial charge in [0.2, 0.25) is 0 Å². The van der Waals surface area contributed by atoms with Crippen LogP contribution in [0.4, 0.5) is 0 Å². The molecule has 82 valence electrons. The molecule has 1 N–H and O–H groups in total. The molecule has 0 saturated heterocycles. The minimum Gasteiger partial charge on any atom is -0.389 e. The largest absolute Gasteiger partial charge is 0.389 e. The van der Waals surface area contributed by atoms with Crippen LogP contribution in [-0.2, 0) is 9.59 Å². The Bertz CT molecular complexity index is 371. The van der Waals surface area contributed by atoms with Gasteiger partial charge in [-0.3, -0.25) is 9.59 Å². The predicted molar refractivity (Wildman–Crippen MR) is 53.1 cm³/mol. The molecule has 0 unspecified atom stereocenters. The number of hydrogen-bond donors (Lipinski definition) is 1. The number of Topliss-reactive ketones (excluding diaryl/α,β-unsaturated/α-hetero) is 2. The highest BCUT2D eigenvalue weighted by molar-refractivity contribution is 6.08. The molecule has 4 bridgehead atoms. The van der Waals surface area contributed by atoms with Crippen LogP contribution in [0.2, 0.25) is 0 Å². The molecule has 0 aliphatic heterocycles. The van der Waals surface area contributed by atoms with Crippen LogP contribution in [0.5, 0.6) is 0 Å². The third-order valence-corrected chi connectivity index (χ3v) is 5.20. The van der Waals surface area contributed by atoms with Gasteiger partial charge in [-0.2, -0.15) is 0 Å². The second-order valence-electron chi connectivity index (χ2n) is 5.96. The third kappa shape index (κ3) is 0.865. The Morgan fingerprint density at radius 3 is 2.53 bits per heavy atom. The molecule has 0 aromatic heterocycles. The Balaban J connectivity index is 2.13. The Kier molecular flexibility index (Phi) is 1.49. The smallest absolute Gasteiger partial charge is 0.149 e. The van der Waals surface area contributed by atoms with E-state index in [2.05, 4.69) is 0 Å². The second kappa shape index (κ2) is 2.34. The number of aliphatic hydroxyl groups is 1. The van der Waals surface area contributed by atoms with Gasteiger partial charge in [0.05, 0.1) is 11.5 Å².